The molecule has 0 aliphatic heterocycles. The molecular weight excluding hydrogens is 294 g/mol. The summed E-state index contributed by atoms with van der Waals surface area (Å²) in [5.41, 5.74) is -1.14. The fourth-order valence-corrected chi connectivity index (χ4v) is 1.98. The first-order valence-electron chi connectivity index (χ1n) is 6.33. The molecule has 2 N–H and O–H groups in total. The molecule has 0 aromatic carbocycles. The Morgan fingerprint density at radius 2 is 2.18 bits per heavy atom. The summed E-state index contributed by atoms with van der Waals surface area (Å²) >= 11 is 0. The van der Waals surface area contributed by atoms with Crippen LogP contribution in [0.25, 0.3) is 0 Å². The van der Waals surface area contributed by atoms with E-state index in [1.54, 1.807) is 0 Å². The van der Waals surface area contributed by atoms with Gasteiger partial charge in [-0.15, -0.1) is 0 Å². The lowest BCUT2D eigenvalue weighted by atomic mass is 9.98. The number of amides is 1. The van der Waals surface area contributed by atoms with E-state index in [-0.39, 0.29) is 24.3 Å². The van der Waals surface area contributed by atoms with Crippen molar-refractivity contribution in [3.05, 3.63) is 33.6 Å². The van der Waals surface area contributed by atoms with Gasteiger partial charge < -0.3 is 15.2 Å². The van der Waals surface area contributed by atoms with Crippen molar-refractivity contribution in [3.8, 4) is 0 Å². The number of aromatic nitrogens is 1. The standard InChI is InChI=1S/C13H17N3O6/c1-8-10(4-9(6-14-8)16(20)21)12(19)15-13(2,7-22-3)5-11(17)18/h4,6H,5,7H2,1-3H3,(H,15,19)(H,17,18). The van der Waals surface area contributed by atoms with E-state index < -0.39 is 22.3 Å². The van der Waals surface area contributed by atoms with Gasteiger partial charge in [-0.05, 0) is 13.8 Å². The van der Waals surface area contributed by atoms with Crippen LogP contribution in [0.3, 0.4) is 0 Å². The van der Waals surface area contributed by atoms with Crippen molar-refractivity contribution in [1.29, 1.82) is 0 Å². The lowest BCUT2D eigenvalue weighted by Gasteiger charge is -2.28. The summed E-state index contributed by atoms with van der Waals surface area (Å²) < 4.78 is 4.93. The third-order valence-corrected chi connectivity index (χ3v) is 2.95. The van der Waals surface area contributed by atoms with Gasteiger partial charge in [0.05, 0.1) is 34.7 Å². The molecule has 9 heteroatoms. The predicted octanol–water partition coefficient (Wildman–Crippen LogP) is 0.908. The first-order chi connectivity index (χ1) is 10.2. The normalized spacial score (nSPS) is 13.2. The molecule has 0 bridgehead atoms. The maximum Gasteiger partial charge on any atom is 0.305 e. The number of hydrogen-bond acceptors (Lipinski definition) is 6. The van der Waals surface area contributed by atoms with Crippen LogP contribution >= 0.6 is 0 Å². The molecule has 0 aliphatic rings. The number of carboxylic acid groups (broad SMARTS) is 1. The fraction of sp³-hybridized carbons (Fsp3) is 0.462. The molecule has 0 saturated heterocycles. The number of ether oxygens (including phenoxy) is 1. The third kappa shape index (κ3) is 4.48. The second kappa shape index (κ2) is 6.94. The SMILES string of the molecule is COCC(C)(CC(=O)O)NC(=O)c1cc([N+](=O)[O-])cnc1C. The zero-order valence-corrected chi connectivity index (χ0v) is 12.5. The van der Waals surface area contributed by atoms with Gasteiger partial charge in [0.2, 0.25) is 0 Å². The van der Waals surface area contributed by atoms with Crippen LogP contribution in [0.15, 0.2) is 12.3 Å². The van der Waals surface area contributed by atoms with Crippen molar-refractivity contribution in [1.82, 2.24) is 10.3 Å². The summed E-state index contributed by atoms with van der Waals surface area (Å²) in [4.78, 5) is 37.1. The van der Waals surface area contributed by atoms with Gasteiger partial charge >= 0.3 is 5.97 Å². The van der Waals surface area contributed by atoms with E-state index in [9.17, 15) is 19.7 Å². The summed E-state index contributed by atoms with van der Waals surface area (Å²) in [6, 6.07) is 1.10. The van der Waals surface area contributed by atoms with E-state index in [0.29, 0.717) is 5.69 Å². The molecule has 0 saturated carbocycles. The van der Waals surface area contributed by atoms with Crippen LogP contribution in [0.4, 0.5) is 5.69 Å². The van der Waals surface area contributed by atoms with Gasteiger partial charge in [-0.1, -0.05) is 0 Å². The number of nitro groups is 1. The van der Waals surface area contributed by atoms with Gasteiger partial charge in [0.15, 0.2) is 0 Å². The van der Waals surface area contributed by atoms with Crippen LogP contribution in [0.1, 0.15) is 29.4 Å². The second-order valence-electron chi connectivity index (χ2n) is 5.10. The van der Waals surface area contributed by atoms with Crippen LogP contribution in [-0.2, 0) is 9.53 Å². The van der Waals surface area contributed by atoms with E-state index in [4.69, 9.17) is 9.84 Å². The first-order valence-corrected chi connectivity index (χ1v) is 6.33. The fourth-order valence-electron chi connectivity index (χ4n) is 1.98. The number of nitrogens with one attached hydrogen (secondary N) is 1. The topological polar surface area (TPSA) is 132 Å². The highest BCUT2D eigenvalue weighted by Crippen LogP contribution is 2.17. The van der Waals surface area contributed by atoms with Gasteiger partial charge in [0.1, 0.15) is 6.20 Å². The summed E-state index contributed by atoms with van der Waals surface area (Å²) in [6.07, 6.45) is 0.700. The number of methoxy groups -OCH3 is 1. The number of nitrogens with zero attached hydrogens (tertiary/aromatic N) is 2. The zero-order valence-electron chi connectivity index (χ0n) is 12.5. The molecule has 1 rings (SSSR count). The second-order valence-corrected chi connectivity index (χ2v) is 5.10. The Morgan fingerprint density at radius 1 is 1.55 bits per heavy atom. The highest BCUT2D eigenvalue weighted by atomic mass is 16.6. The molecule has 1 unspecified atom stereocenters. The summed E-state index contributed by atoms with van der Waals surface area (Å²) in [6.45, 7) is 3.03. The predicted molar refractivity (Wildman–Crippen MR) is 75.6 cm³/mol. The molecule has 1 aromatic heterocycles. The quantitative estimate of drug-likeness (QED) is 0.565. The molecule has 22 heavy (non-hydrogen) atoms. The lowest BCUT2D eigenvalue weighted by Crippen LogP contribution is -2.51. The Bertz CT molecular complexity index is 603. The Labute approximate surface area is 126 Å². The van der Waals surface area contributed by atoms with E-state index in [1.807, 2.05) is 0 Å². The van der Waals surface area contributed by atoms with Crippen molar-refractivity contribution in [2.75, 3.05) is 13.7 Å². The van der Waals surface area contributed by atoms with Gasteiger partial charge in [-0.2, -0.15) is 0 Å². The first kappa shape index (κ1) is 17.5. The van der Waals surface area contributed by atoms with Gasteiger partial charge in [0, 0.05) is 13.2 Å². The van der Waals surface area contributed by atoms with Crippen LogP contribution < -0.4 is 5.32 Å². The maximum absolute atomic E-state index is 12.3. The molecule has 0 fully saturated rings. The van der Waals surface area contributed by atoms with Crippen molar-refractivity contribution in [3.63, 3.8) is 0 Å². The van der Waals surface area contributed by atoms with E-state index in [1.165, 1.54) is 21.0 Å². The number of hydrogen-bond donors (Lipinski definition) is 2. The molecule has 1 amide bonds. The largest absolute Gasteiger partial charge is 0.481 e. The summed E-state index contributed by atoms with van der Waals surface area (Å²) in [5.74, 6) is -1.75. The maximum atomic E-state index is 12.3. The highest BCUT2D eigenvalue weighted by Gasteiger charge is 2.31. The smallest absolute Gasteiger partial charge is 0.305 e. The third-order valence-electron chi connectivity index (χ3n) is 2.95. The van der Waals surface area contributed by atoms with Crippen LogP contribution in [0, 0.1) is 17.0 Å². The Hall–Kier alpha value is -2.55. The molecule has 0 aliphatic carbocycles. The molecular formula is C13H17N3O6. The number of aryl methyl sites for hydroxylation is 1. The minimum Gasteiger partial charge on any atom is -0.481 e. The van der Waals surface area contributed by atoms with Gasteiger partial charge in [-0.3, -0.25) is 24.7 Å². The van der Waals surface area contributed by atoms with Crippen molar-refractivity contribution < 1.29 is 24.4 Å². The van der Waals surface area contributed by atoms with E-state index in [2.05, 4.69) is 10.3 Å². The van der Waals surface area contributed by atoms with Gasteiger partial charge in [-0.25, -0.2) is 0 Å². The molecule has 1 atom stereocenters. The number of carboxylic acids is 1. The molecule has 1 aromatic rings. The Kier molecular flexibility index (Phi) is 5.52. The number of aliphatic carboxylic acids is 1. The van der Waals surface area contributed by atoms with Crippen molar-refractivity contribution in [2.45, 2.75) is 25.8 Å². The van der Waals surface area contributed by atoms with Crippen molar-refractivity contribution >= 4 is 17.6 Å². The monoisotopic (exact) mass is 311 g/mol. The Balaban J connectivity index is 3.06. The number of pyridine rings is 1. The van der Waals surface area contributed by atoms with E-state index in [0.717, 1.165) is 12.3 Å². The van der Waals surface area contributed by atoms with E-state index >= 15 is 0 Å². The van der Waals surface area contributed by atoms with Crippen LogP contribution in [0.2, 0.25) is 0 Å². The summed E-state index contributed by atoms with van der Waals surface area (Å²) in [5, 5.41) is 22.2. The average molecular weight is 311 g/mol. The minimum atomic E-state index is -1.14. The zero-order chi connectivity index (χ0) is 16.9. The molecule has 1 heterocycles. The molecule has 9 nitrogen and oxygen atoms in total. The minimum absolute atomic E-state index is 0.0157. The summed E-state index contributed by atoms with van der Waals surface area (Å²) in [7, 11) is 1.38. The number of carbonyl (C=O) groups is 2. The van der Waals surface area contributed by atoms with Gasteiger partial charge in [0.25, 0.3) is 11.6 Å². The number of rotatable bonds is 7. The van der Waals surface area contributed by atoms with Crippen LogP contribution in [-0.4, -0.2) is 46.1 Å². The Morgan fingerprint density at radius 3 is 2.68 bits per heavy atom. The average Bonchev–Trinajstić information content (AvgIpc) is 2.37. The number of carbonyl (C=O) groups excluding carboxylic acids is 1. The molecule has 0 spiro atoms. The lowest BCUT2D eigenvalue weighted by molar-refractivity contribution is -0.385. The highest BCUT2D eigenvalue weighted by molar-refractivity contribution is 5.96. The molecule has 0 radical (unpaired) electrons. The van der Waals surface area contributed by atoms with Crippen molar-refractivity contribution in [2.24, 2.45) is 0 Å². The molecule has 120 valence electrons. The van der Waals surface area contributed by atoms with Crippen LogP contribution in [0.5, 0.6) is 0 Å².